The number of anilines is 1. The van der Waals surface area contributed by atoms with Crippen LogP contribution >= 0.6 is 0 Å². The second-order valence-electron chi connectivity index (χ2n) is 6.73. The average Bonchev–Trinajstić information content (AvgIpc) is 3.09. The third kappa shape index (κ3) is 4.34. The van der Waals surface area contributed by atoms with Crippen LogP contribution in [0.15, 0.2) is 54.7 Å². The van der Waals surface area contributed by atoms with Crippen LogP contribution in [-0.2, 0) is 11.2 Å². The van der Waals surface area contributed by atoms with E-state index >= 15 is 0 Å². The number of likely N-dealkylation sites (N-methyl/N-ethyl adjacent to an activating group) is 1. The topological polar surface area (TPSA) is 67.2 Å². The van der Waals surface area contributed by atoms with Gasteiger partial charge in [0.15, 0.2) is 0 Å². The molecule has 0 unspecified atom stereocenters. The van der Waals surface area contributed by atoms with E-state index in [1.165, 1.54) is 21.8 Å². The smallest absolute Gasteiger partial charge is 0.257 e. The van der Waals surface area contributed by atoms with Crippen LogP contribution in [0, 0.1) is 12.7 Å². The molecule has 0 saturated heterocycles. The number of para-hydroxylation sites is 2. The zero-order valence-corrected chi connectivity index (χ0v) is 16.6. The molecule has 1 aromatic heterocycles. The average molecular weight is 394 g/mol. The first-order valence-corrected chi connectivity index (χ1v) is 9.35. The molecule has 7 heteroatoms. The number of amides is 2. The highest BCUT2D eigenvalue weighted by atomic mass is 19.1. The normalized spacial score (nSPS) is 10.6. The van der Waals surface area contributed by atoms with Crippen molar-refractivity contribution in [3.8, 4) is 5.69 Å². The van der Waals surface area contributed by atoms with Crippen LogP contribution in [0.5, 0.6) is 0 Å². The molecule has 0 radical (unpaired) electrons. The van der Waals surface area contributed by atoms with Crippen molar-refractivity contribution in [2.75, 3.05) is 18.9 Å². The Bertz CT molecular complexity index is 1040. The van der Waals surface area contributed by atoms with Crippen molar-refractivity contribution in [1.29, 1.82) is 0 Å². The number of aromatic nitrogens is 2. The molecule has 6 nitrogen and oxygen atoms in total. The Morgan fingerprint density at radius 3 is 2.55 bits per heavy atom. The first-order valence-electron chi connectivity index (χ1n) is 9.35. The van der Waals surface area contributed by atoms with E-state index in [1.807, 2.05) is 31.2 Å². The number of carbonyl (C=O) groups excluding carboxylic acids is 2. The Kier molecular flexibility index (Phi) is 6.07. The van der Waals surface area contributed by atoms with Crippen LogP contribution in [0.4, 0.5) is 10.1 Å². The number of rotatable bonds is 6. The molecule has 0 spiro atoms. The summed E-state index contributed by atoms with van der Waals surface area (Å²) in [6.45, 7) is 3.59. The van der Waals surface area contributed by atoms with Gasteiger partial charge >= 0.3 is 0 Å². The maximum atomic E-state index is 14.1. The van der Waals surface area contributed by atoms with Crippen LogP contribution < -0.4 is 5.32 Å². The van der Waals surface area contributed by atoms with Gasteiger partial charge in [0.1, 0.15) is 11.5 Å². The molecule has 0 saturated carbocycles. The Hall–Kier alpha value is -3.48. The van der Waals surface area contributed by atoms with E-state index in [9.17, 15) is 14.0 Å². The van der Waals surface area contributed by atoms with Crippen LogP contribution in [0.3, 0.4) is 0 Å². The van der Waals surface area contributed by atoms with E-state index in [-0.39, 0.29) is 24.0 Å². The fourth-order valence-corrected chi connectivity index (χ4v) is 3.12. The molecule has 0 aliphatic carbocycles. The molecular formula is C22H23FN4O2. The molecule has 29 heavy (non-hydrogen) atoms. The second-order valence-corrected chi connectivity index (χ2v) is 6.73. The van der Waals surface area contributed by atoms with Crippen LogP contribution in [0.2, 0.25) is 0 Å². The minimum absolute atomic E-state index is 0.110. The number of hydrogen-bond donors (Lipinski definition) is 1. The molecule has 2 aromatic carbocycles. The zero-order chi connectivity index (χ0) is 21.0. The summed E-state index contributed by atoms with van der Waals surface area (Å²) in [6, 6.07) is 13.8. The summed E-state index contributed by atoms with van der Waals surface area (Å²) in [5.41, 5.74) is 2.85. The highest BCUT2D eigenvalue weighted by molar-refractivity contribution is 6.00. The highest BCUT2D eigenvalue weighted by Gasteiger charge is 2.21. The third-order valence-electron chi connectivity index (χ3n) is 4.72. The fraction of sp³-hybridized carbons (Fsp3) is 0.227. The molecule has 0 atom stereocenters. The summed E-state index contributed by atoms with van der Waals surface area (Å²) in [5.74, 6) is -1.08. The molecule has 0 fully saturated rings. The van der Waals surface area contributed by atoms with Gasteiger partial charge in [0, 0.05) is 12.7 Å². The minimum atomic E-state index is -0.431. The van der Waals surface area contributed by atoms with E-state index in [2.05, 4.69) is 10.4 Å². The van der Waals surface area contributed by atoms with Gasteiger partial charge in [-0.1, -0.05) is 37.3 Å². The summed E-state index contributed by atoms with van der Waals surface area (Å²) in [5, 5.41) is 7.00. The van der Waals surface area contributed by atoms with Gasteiger partial charge in [-0.25, -0.2) is 9.07 Å². The molecule has 2 amide bonds. The van der Waals surface area contributed by atoms with Gasteiger partial charge in [0.2, 0.25) is 5.91 Å². The fourth-order valence-electron chi connectivity index (χ4n) is 3.12. The number of hydrogen-bond acceptors (Lipinski definition) is 3. The summed E-state index contributed by atoms with van der Waals surface area (Å²) in [6.07, 6.45) is 2.19. The van der Waals surface area contributed by atoms with E-state index in [4.69, 9.17) is 0 Å². The Morgan fingerprint density at radius 2 is 1.83 bits per heavy atom. The number of nitrogens with one attached hydrogen (secondary N) is 1. The summed E-state index contributed by atoms with van der Waals surface area (Å²) in [7, 11) is 1.55. The number of carbonyl (C=O) groups is 2. The highest BCUT2D eigenvalue weighted by Crippen LogP contribution is 2.18. The minimum Gasteiger partial charge on any atom is -0.332 e. The van der Waals surface area contributed by atoms with Gasteiger partial charge in [-0.05, 0) is 37.1 Å². The quantitative estimate of drug-likeness (QED) is 0.695. The molecule has 0 bridgehead atoms. The molecule has 3 rings (SSSR count). The summed E-state index contributed by atoms with van der Waals surface area (Å²) in [4.78, 5) is 26.5. The monoisotopic (exact) mass is 394 g/mol. The van der Waals surface area contributed by atoms with Crippen molar-refractivity contribution in [2.24, 2.45) is 0 Å². The van der Waals surface area contributed by atoms with E-state index in [1.54, 1.807) is 32.2 Å². The lowest BCUT2D eigenvalue weighted by atomic mass is 10.1. The second kappa shape index (κ2) is 8.68. The van der Waals surface area contributed by atoms with Gasteiger partial charge in [-0.2, -0.15) is 5.10 Å². The molecule has 0 aliphatic heterocycles. The molecular weight excluding hydrogens is 371 g/mol. The first kappa shape index (κ1) is 20.3. The van der Waals surface area contributed by atoms with E-state index in [0.29, 0.717) is 11.3 Å². The number of aryl methyl sites for hydroxylation is 1. The van der Waals surface area contributed by atoms with Gasteiger partial charge in [-0.3, -0.25) is 9.59 Å². The molecule has 150 valence electrons. The van der Waals surface area contributed by atoms with Crippen LogP contribution in [0.25, 0.3) is 5.69 Å². The van der Waals surface area contributed by atoms with Crippen molar-refractivity contribution >= 4 is 17.5 Å². The number of halogens is 1. The number of nitrogens with zero attached hydrogens (tertiary/aromatic N) is 3. The lowest BCUT2D eigenvalue weighted by Gasteiger charge is -2.17. The molecule has 1 N–H and O–H groups in total. The summed E-state index contributed by atoms with van der Waals surface area (Å²) >= 11 is 0. The van der Waals surface area contributed by atoms with Crippen molar-refractivity contribution in [1.82, 2.24) is 14.7 Å². The van der Waals surface area contributed by atoms with Crippen molar-refractivity contribution in [3.05, 3.63) is 77.4 Å². The molecule has 0 aliphatic rings. The van der Waals surface area contributed by atoms with Gasteiger partial charge < -0.3 is 10.2 Å². The van der Waals surface area contributed by atoms with Crippen molar-refractivity contribution in [2.45, 2.75) is 20.3 Å². The third-order valence-corrected chi connectivity index (χ3v) is 4.72. The Balaban J connectivity index is 1.72. The van der Waals surface area contributed by atoms with E-state index < -0.39 is 5.82 Å². The van der Waals surface area contributed by atoms with Gasteiger partial charge in [0.25, 0.3) is 5.91 Å². The van der Waals surface area contributed by atoms with Crippen molar-refractivity contribution in [3.63, 3.8) is 0 Å². The largest absolute Gasteiger partial charge is 0.332 e. The molecule has 3 aromatic rings. The van der Waals surface area contributed by atoms with Crippen LogP contribution in [-0.4, -0.2) is 40.1 Å². The molecule has 1 heterocycles. The Labute approximate surface area is 169 Å². The number of benzene rings is 2. The lowest BCUT2D eigenvalue weighted by Crippen LogP contribution is -2.35. The Morgan fingerprint density at radius 1 is 1.14 bits per heavy atom. The maximum Gasteiger partial charge on any atom is 0.257 e. The van der Waals surface area contributed by atoms with E-state index in [0.717, 1.165) is 17.7 Å². The lowest BCUT2D eigenvalue weighted by molar-refractivity contribution is -0.116. The SMILES string of the molecule is CCc1ccccc1NC(=O)CN(C)C(=O)c1cnn(-c2ccccc2F)c1C. The van der Waals surface area contributed by atoms with Gasteiger partial charge in [-0.15, -0.1) is 0 Å². The summed E-state index contributed by atoms with van der Waals surface area (Å²) < 4.78 is 15.4. The predicted molar refractivity (Wildman–Crippen MR) is 110 cm³/mol. The predicted octanol–water partition coefficient (Wildman–Crippen LogP) is 3.59. The zero-order valence-electron chi connectivity index (χ0n) is 16.6. The van der Waals surface area contributed by atoms with Gasteiger partial charge in [0.05, 0.1) is 24.0 Å². The van der Waals surface area contributed by atoms with Crippen molar-refractivity contribution < 1.29 is 14.0 Å². The van der Waals surface area contributed by atoms with Crippen LogP contribution in [0.1, 0.15) is 28.5 Å². The maximum absolute atomic E-state index is 14.1. The standard InChI is InChI=1S/C22H23FN4O2/c1-4-16-9-5-7-11-19(16)25-21(28)14-26(3)22(29)17-13-24-27(15(17)2)20-12-8-6-10-18(20)23/h5-13H,4,14H2,1-3H3,(H,25,28). The first-order chi connectivity index (χ1) is 13.9.